The zero-order valence-electron chi connectivity index (χ0n) is 41.0. The summed E-state index contributed by atoms with van der Waals surface area (Å²) in [6.45, 7) is 5.41. The third-order valence-corrected chi connectivity index (χ3v) is 13.1. The first-order valence-corrected chi connectivity index (χ1v) is 26.4. The molecule has 1 aliphatic heterocycles. The van der Waals surface area contributed by atoms with Gasteiger partial charge in [0.05, 0.1) is 12.6 Å². The molecule has 1 aliphatic rings. The summed E-state index contributed by atoms with van der Waals surface area (Å²) in [7, 11) is 0. The van der Waals surface area contributed by atoms with Gasteiger partial charge in [0.15, 0.2) is 6.23 Å². The Morgan fingerprint density at radius 2 is 1.03 bits per heavy atom. The monoisotopic (exact) mass is 902 g/mol. The normalized spacial score (nSPS) is 19.1. The maximum Gasteiger partial charge on any atom is 0.417 e. The lowest BCUT2D eigenvalue weighted by molar-refractivity contribution is -0.244. The molecule has 0 spiro atoms. The Morgan fingerprint density at radius 1 is 0.625 bits per heavy atom. The van der Waals surface area contributed by atoms with Gasteiger partial charge in [0, 0.05) is 13.0 Å². The Balaban J connectivity index is 2.05. The molecule has 5 N–H and O–H groups in total. The largest absolute Gasteiger partial charge is 0.444 e. The van der Waals surface area contributed by atoms with Crippen molar-refractivity contribution in [2.24, 2.45) is 5.73 Å². The number of ether oxygens (including phenoxy) is 2. The number of aliphatic hydroxyl groups is 3. The lowest BCUT2D eigenvalue weighted by Gasteiger charge is -2.49. The van der Waals surface area contributed by atoms with Crippen LogP contribution >= 0.6 is 0 Å². The number of aliphatic hydroxyl groups excluding tert-OH is 3. The highest BCUT2D eigenvalue weighted by Crippen LogP contribution is 2.30. The van der Waals surface area contributed by atoms with E-state index in [0.29, 0.717) is 18.4 Å². The SMILES string of the molecule is CCCCCCCCCCCCCCCCCCN(C(=O)CCCCCCCCCCCCCCCCC)[C@@H]1O[C@H](CO)[C@@H](O)[C@H](O)[C@H]1N(C(=O)OCc1ccccc1)C(=O)[C@@H](C)N. The van der Waals surface area contributed by atoms with E-state index in [1.807, 2.05) is 6.07 Å². The molecule has 2 rings (SSSR count). The summed E-state index contributed by atoms with van der Waals surface area (Å²) in [5.74, 6) is -1.07. The third kappa shape index (κ3) is 24.3. The summed E-state index contributed by atoms with van der Waals surface area (Å²) in [5, 5.41) is 33.0. The lowest BCUT2D eigenvalue weighted by Crippen LogP contribution is -2.71. The minimum atomic E-state index is -1.75. The van der Waals surface area contributed by atoms with Crippen LogP contribution in [0.25, 0.3) is 0 Å². The number of hydrogen-bond acceptors (Lipinski definition) is 9. The molecule has 0 saturated carbocycles. The third-order valence-electron chi connectivity index (χ3n) is 13.1. The molecule has 11 heteroatoms. The number of nitrogens with two attached hydrogens (primary N) is 1. The van der Waals surface area contributed by atoms with Gasteiger partial charge in [-0.2, -0.15) is 0 Å². The quantitative estimate of drug-likeness (QED) is 0.0471. The highest BCUT2D eigenvalue weighted by molar-refractivity contribution is 5.95. The maximum absolute atomic E-state index is 14.3. The van der Waals surface area contributed by atoms with E-state index in [2.05, 4.69) is 13.8 Å². The zero-order valence-corrected chi connectivity index (χ0v) is 41.0. The van der Waals surface area contributed by atoms with Crippen molar-refractivity contribution in [2.75, 3.05) is 13.2 Å². The van der Waals surface area contributed by atoms with Gasteiger partial charge in [-0.3, -0.25) is 9.59 Å². The number of imide groups is 1. The predicted molar refractivity (Wildman–Crippen MR) is 259 cm³/mol. The standard InChI is InChI=1S/C53H95N3O8/c1-4-6-8-10-12-14-16-18-20-22-24-26-28-30-32-37-41-55(47(58)40-36-31-29-27-25-23-21-19-17-15-13-11-9-7-5-2)52-48(50(60)49(59)46(42-57)64-52)56(51(61)44(3)54)53(62)63-43-45-38-34-33-35-39-45/h33-35,38-39,44,46,48-50,52,57,59-60H,4-32,36-37,40-43,54H2,1-3H3/t44-,46-,48-,49-,50-,52-/m1/s1. The van der Waals surface area contributed by atoms with Crippen molar-refractivity contribution in [1.82, 2.24) is 9.80 Å². The number of amides is 3. The van der Waals surface area contributed by atoms with Crippen molar-refractivity contribution in [2.45, 2.75) is 269 Å². The highest BCUT2D eigenvalue weighted by Gasteiger charge is 2.53. The maximum atomic E-state index is 14.3. The van der Waals surface area contributed by atoms with Crippen LogP contribution in [0.15, 0.2) is 30.3 Å². The first kappa shape index (κ1) is 57.6. The first-order valence-electron chi connectivity index (χ1n) is 26.4. The number of carbonyl (C=O) groups is 3. The van der Waals surface area contributed by atoms with Gasteiger partial charge in [-0.25, -0.2) is 9.69 Å². The van der Waals surface area contributed by atoms with E-state index in [9.17, 15) is 29.7 Å². The molecule has 3 amide bonds. The second-order valence-electron chi connectivity index (χ2n) is 18.8. The highest BCUT2D eigenvalue weighted by atomic mass is 16.6. The van der Waals surface area contributed by atoms with Gasteiger partial charge in [0.1, 0.15) is 31.0 Å². The predicted octanol–water partition coefficient (Wildman–Crippen LogP) is 11.7. The van der Waals surface area contributed by atoms with E-state index >= 15 is 0 Å². The molecule has 64 heavy (non-hydrogen) atoms. The molecular weight excluding hydrogens is 807 g/mol. The molecule has 1 saturated heterocycles. The molecule has 0 unspecified atom stereocenters. The van der Waals surface area contributed by atoms with Crippen LogP contribution in [0.4, 0.5) is 4.79 Å². The summed E-state index contributed by atoms with van der Waals surface area (Å²) in [4.78, 5) is 44.2. The van der Waals surface area contributed by atoms with Crippen LogP contribution in [0.5, 0.6) is 0 Å². The fourth-order valence-electron chi connectivity index (χ4n) is 9.00. The molecule has 11 nitrogen and oxygen atoms in total. The Hall–Kier alpha value is -2.57. The number of unbranched alkanes of at least 4 members (excludes halogenated alkanes) is 29. The van der Waals surface area contributed by atoms with Crippen LogP contribution in [0, 0.1) is 0 Å². The van der Waals surface area contributed by atoms with Crippen molar-refractivity contribution in [3.05, 3.63) is 35.9 Å². The molecule has 1 aromatic carbocycles. The van der Waals surface area contributed by atoms with E-state index in [1.165, 1.54) is 160 Å². The van der Waals surface area contributed by atoms with Crippen LogP contribution in [0.2, 0.25) is 0 Å². The molecule has 0 aromatic heterocycles. The van der Waals surface area contributed by atoms with Gasteiger partial charge in [0.2, 0.25) is 11.8 Å². The summed E-state index contributed by atoms with van der Waals surface area (Å²) in [6, 6.07) is 6.28. The van der Waals surface area contributed by atoms with Crippen molar-refractivity contribution in [1.29, 1.82) is 0 Å². The van der Waals surface area contributed by atoms with Crippen LogP contribution in [0.3, 0.4) is 0 Å². The molecule has 0 radical (unpaired) electrons. The minimum absolute atomic E-state index is 0.153. The van der Waals surface area contributed by atoms with E-state index in [1.54, 1.807) is 24.3 Å². The Labute approximate surface area is 390 Å². The molecule has 1 aromatic rings. The average molecular weight is 902 g/mol. The smallest absolute Gasteiger partial charge is 0.417 e. The summed E-state index contributed by atoms with van der Waals surface area (Å²) in [5.41, 5.74) is 6.76. The van der Waals surface area contributed by atoms with E-state index in [-0.39, 0.29) is 25.5 Å². The van der Waals surface area contributed by atoms with Crippen molar-refractivity contribution in [3.8, 4) is 0 Å². The number of benzene rings is 1. The Bertz CT molecular complexity index is 1300. The fourth-order valence-corrected chi connectivity index (χ4v) is 9.00. The van der Waals surface area contributed by atoms with E-state index in [4.69, 9.17) is 15.2 Å². The molecule has 6 atom stereocenters. The van der Waals surface area contributed by atoms with Gasteiger partial charge in [-0.1, -0.05) is 230 Å². The topological polar surface area (TPSA) is 163 Å². The first-order chi connectivity index (χ1) is 31.2. The molecule has 1 heterocycles. The van der Waals surface area contributed by atoms with E-state index < -0.39 is 55.2 Å². The molecule has 0 bridgehead atoms. The Morgan fingerprint density at radius 3 is 1.44 bits per heavy atom. The minimum Gasteiger partial charge on any atom is -0.444 e. The Kier molecular flexibility index (Phi) is 33.7. The van der Waals surface area contributed by atoms with Crippen LogP contribution in [-0.2, 0) is 25.7 Å². The van der Waals surface area contributed by atoms with Gasteiger partial charge in [0.25, 0.3) is 0 Å². The molecule has 1 fully saturated rings. The molecular formula is C53H95N3O8. The van der Waals surface area contributed by atoms with Crippen molar-refractivity contribution >= 4 is 17.9 Å². The second-order valence-corrected chi connectivity index (χ2v) is 18.8. The molecule has 0 aliphatic carbocycles. The van der Waals surface area contributed by atoms with Gasteiger partial charge in [-0.05, 0) is 25.3 Å². The van der Waals surface area contributed by atoms with Crippen LogP contribution in [0.1, 0.15) is 232 Å². The number of hydrogen-bond donors (Lipinski definition) is 4. The van der Waals surface area contributed by atoms with Crippen molar-refractivity contribution in [3.63, 3.8) is 0 Å². The number of rotatable bonds is 39. The average Bonchev–Trinajstić information content (AvgIpc) is 3.30. The second kappa shape index (κ2) is 37.5. The summed E-state index contributed by atoms with van der Waals surface area (Å²) < 4.78 is 11.9. The number of carbonyl (C=O) groups excluding carboxylic acids is 3. The van der Waals surface area contributed by atoms with Crippen molar-refractivity contribution < 1.29 is 39.2 Å². The number of nitrogens with zero attached hydrogens (tertiary/aromatic N) is 2. The van der Waals surface area contributed by atoms with Crippen LogP contribution < -0.4 is 5.73 Å². The van der Waals surface area contributed by atoms with Crippen LogP contribution in [-0.4, -0.2) is 92.8 Å². The van der Waals surface area contributed by atoms with E-state index in [0.717, 1.165) is 43.4 Å². The van der Waals surface area contributed by atoms with Gasteiger partial charge in [-0.15, -0.1) is 0 Å². The summed E-state index contributed by atoms with van der Waals surface area (Å²) >= 11 is 0. The van der Waals surface area contributed by atoms with Gasteiger partial charge >= 0.3 is 6.09 Å². The van der Waals surface area contributed by atoms with Gasteiger partial charge < -0.3 is 35.4 Å². The summed E-state index contributed by atoms with van der Waals surface area (Å²) in [6.07, 6.45) is 30.7. The molecule has 370 valence electrons. The lowest BCUT2D eigenvalue weighted by atomic mass is 9.93. The zero-order chi connectivity index (χ0) is 46.6. The fraction of sp³-hybridized carbons (Fsp3) is 0.830.